The lowest BCUT2D eigenvalue weighted by molar-refractivity contribution is 0.302. The maximum absolute atomic E-state index is 13.3. The van der Waals surface area contributed by atoms with Crippen molar-refractivity contribution in [1.82, 2.24) is 0 Å². The van der Waals surface area contributed by atoms with Crippen LogP contribution in [0.25, 0.3) is 0 Å². The molecule has 0 unspecified atom stereocenters. The summed E-state index contributed by atoms with van der Waals surface area (Å²) < 4.78 is 13.3. The van der Waals surface area contributed by atoms with Crippen LogP contribution < -0.4 is 5.73 Å². The van der Waals surface area contributed by atoms with Gasteiger partial charge in [0.2, 0.25) is 0 Å². The molecule has 0 aromatic heterocycles. The predicted molar refractivity (Wildman–Crippen MR) is 73.8 cm³/mol. The Kier molecular flexibility index (Phi) is 5.70. The Hall–Kier alpha value is -0.510. The Bertz CT molecular complexity index is 408. The summed E-state index contributed by atoms with van der Waals surface area (Å²) in [6, 6.07) is 2.07. The van der Waals surface area contributed by atoms with Crippen LogP contribution in [-0.4, -0.2) is 5.11 Å². The fraction of sp³-hybridized carbons (Fsp3) is 0.538. The number of benzene rings is 1. The molecule has 0 saturated heterocycles. The van der Waals surface area contributed by atoms with E-state index >= 15 is 0 Å². The number of nitrogens with two attached hydrogens (primary N) is 1. The van der Waals surface area contributed by atoms with Gasteiger partial charge < -0.3 is 10.8 Å². The van der Waals surface area contributed by atoms with E-state index in [0.29, 0.717) is 11.5 Å². The van der Waals surface area contributed by atoms with Crippen molar-refractivity contribution in [3.8, 4) is 5.75 Å². The van der Waals surface area contributed by atoms with E-state index in [-0.39, 0.29) is 29.2 Å². The molecule has 1 fully saturated rings. The van der Waals surface area contributed by atoms with Gasteiger partial charge in [0.15, 0.2) is 0 Å². The maximum atomic E-state index is 13.3. The molecule has 0 aliphatic heterocycles. The van der Waals surface area contributed by atoms with E-state index in [4.69, 9.17) is 17.3 Å². The van der Waals surface area contributed by atoms with E-state index in [1.807, 2.05) is 0 Å². The summed E-state index contributed by atoms with van der Waals surface area (Å²) in [6.45, 7) is 0. The Labute approximate surface area is 118 Å². The van der Waals surface area contributed by atoms with Crippen molar-refractivity contribution in [3.63, 3.8) is 0 Å². The van der Waals surface area contributed by atoms with Gasteiger partial charge in [0, 0.05) is 11.6 Å². The van der Waals surface area contributed by atoms with Crippen LogP contribution in [0.3, 0.4) is 0 Å². The Morgan fingerprint density at radius 2 is 1.89 bits per heavy atom. The van der Waals surface area contributed by atoms with Crippen LogP contribution in [0.5, 0.6) is 5.75 Å². The van der Waals surface area contributed by atoms with Gasteiger partial charge in [-0.05, 0) is 30.9 Å². The van der Waals surface area contributed by atoms with Gasteiger partial charge in [0.05, 0.1) is 5.02 Å². The summed E-state index contributed by atoms with van der Waals surface area (Å²) in [5.41, 5.74) is 6.56. The second-order valence-corrected chi connectivity index (χ2v) is 5.16. The summed E-state index contributed by atoms with van der Waals surface area (Å²) in [6.07, 6.45) is 5.62. The molecule has 1 aliphatic rings. The van der Waals surface area contributed by atoms with Crippen LogP contribution >= 0.6 is 24.0 Å². The first-order valence-electron chi connectivity index (χ1n) is 6.03. The van der Waals surface area contributed by atoms with Gasteiger partial charge in [0.1, 0.15) is 11.6 Å². The molecule has 0 bridgehead atoms. The first-order chi connectivity index (χ1) is 8.09. The number of hydrogen-bond acceptors (Lipinski definition) is 2. The number of phenolic OH excluding ortho intramolecular Hbond substituents is 1. The minimum atomic E-state index is -0.450. The van der Waals surface area contributed by atoms with E-state index in [1.165, 1.54) is 12.5 Å². The number of aromatic hydroxyl groups is 1. The molecule has 5 heteroatoms. The minimum absolute atomic E-state index is 0. The molecular formula is C13H18Cl2FNO. The summed E-state index contributed by atoms with van der Waals surface area (Å²) in [4.78, 5) is 0. The summed E-state index contributed by atoms with van der Waals surface area (Å²) in [5, 5.41) is 9.88. The van der Waals surface area contributed by atoms with Crippen molar-refractivity contribution >= 4 is 24.0 Å². The zero-order valence-corrected chi connectivity index (χ0v) is 11.6. The number of phenols is 1. The lowest BCUT2D eigenvalue weighted by atomic mass is 9.81. The highest BCUT2D eigenvalue weighted by atomic mass is 35.5. The fourth-order valence-electron chi connectivity index (χ4n) is 2.59. The van der Waals surface area contributed by atoms with E-state index in [1.54, 1.807) is 0 Å². The standard InChI is InChI=1S/C13H17ClFNO.ClH/c14-11-7-9(15)6-10(13(11)17)12(16)8-4-2-1-3-5-8;/h6-8,12,17H,1-5,16H2;1H/t12-;/m1./s1. The third kappa shape index (κ3) is 3.28. The third-order valence-electron chi connectivity index (χ3n) is 3.57. The molecule has 2 nitrogen and oxygen atoms in total. The molecule has 1 aliphatic carbocycles. The molecule has 0 heterocycles. The van der Waals surface area contributed by atoms with Gasteiger partial charge in [-0.1, -0.05) is 30.9 Å². The van der Waals surface area contributed by atoms with Gasteiger partial charge in [-0.25, -0.2) is 4.39 Å². The molecule has 1 atom stereocenters. The number of hydrogen-bond donors (Lipinski definition) is 2. The second-order valence-electron chi connectivity index (χ2n) is 4.75. The number of rotatable bonds is 2. The van der Waals surface area contributed by atoms with Crippen LogP contribution in [0.1, 0.15) is 43.7 Å². The average Bonchev–Trinajstić information content (AvgIpc) is 2.34. The topological polar surface area (TPSA) is 46.2 Å². The molecule has 18 heavy (non-hydrogen) atoms. The van der Waals surface area contributed by atoms with Crippen molar-refractivity contribution in [2.45, 2.75) is 38.1 Å². The maximum Gasteiger partial charge on any atom is 0.139 e. The van der Waals surface area contributed by atoms with E-state index in [2.05, 4.69) is 0 Å². The monoisotopic (exact) mass is 293 g/mol. The predicted octanol–water partition coefficient (Wildman–Crippen LogP) is 4.19. The molecule has 2 rings (SSSR count). The lowest BCUT2D eigenvalue weighted by Gasteiger charge is -2.28. The molecule has 102 valence electrons. The number of halogens is 3. The summed E-state index contributed by atoms with van der Waals surface area (Å²) >= 11 is 5.76. The van der Waals surface area contributed by atoms with Crippen LogP contribution in [0, 0.1) is 11.7 Å². The highest BCUT2D eigenvalue weighted by molar-refractivity contribution is 6.32. The van der Waals surface area contributed by atoms with Crippen molar-refractivity contribution in [2.75, 3.05) is 0 Å². The molecule has 1 aromatic rings. The molecular weight excluding hydrogens is 276 g/mol. The fourth-order valence-corrected chi connectivity index (χ4v) is 2.80. The molecule has 0 amide bonds. The van der Waals surface area contributed by atoms with Crippen molar-refractivity contribution < 1.29 is 9.50 Å². The van der Waals surface area contributed by atoms with E-state index in [0.717, 1.165) is 31.7 Å². The van der Waals surface area contributed by atoms with E-state index in [9.17, 15) is 9.50 Å². The van der Waals surface area contributed by atoms with Gasteiger partial charge in [-0.2, -0.15) is 0 Å². The molecule has 3 N–H and O–H groups in total. The first kappa shape index (κ1) is 15.5. The first-order valence-corrected chi connectivity index (χ1v) is 6.41. The largest absolute Gasteiger partial charge is 0.506 e. The summed E-state index contributed by atoms with van der Waals surface area (Å²) in [7, 11) is 0. The van der Waals surface area contributed by atoms with Crippen molar-refractivity contribution in [2.24, 2.45) is 11.7 Å². The quantitative estimate of drug-likeness (QED) is 0.859. The molecule has 0 radical (unpaired) electrons. The Morgan fingerprint density at radius 1 is 1.28 bits per heavy atom. The normalized spacial score (nSPS) is 18.2. The van der Waals surface area contributed by atoms with Crippen molar-refractivity contribution in [3.05, 3.63) is 28.5 Å². The van der Waals surface area contributed by atoms with Gasteiger partial charge in [-0.3, -0.25) is 0 Å². The molecule has 1 saturated carbocycles. The Morgan fingerprint density at radius 3 is 2.50 bits per heavy atom. The highest BCUT2D eigenvalue weighted by Crippen LogP contribution is 2.39. The van der Waals surface area contributed by atoms with Crippen LogP contribution in [0.4, 0.5) is 4.39 Å². The average molecular weight is 294 g/mol. The SMILES string of the molecule is Cl.N[C@@H](c1cc(F)cc(Cl)c1O)C1CCCCC1. The smallest absolute Gasteiger partial charge is 0.139 e. The molecule has 1 aromatic carbocycles. The lowest BCUT2D eigenvalue weighted by Crippen LogP contribution is -2.23. The van der Waals surface area contributed by atoms with Gasteiger partial charge >= 0.3 is 0 Å². The van der Waals surface area contributed by atoms with Gasteiger partial charge in [-0.15, -0.1) is 12.4 Å². The van der Waals surface area contributed by atoms with Crippen molar-refractivity contribution in [1.29, 1.82) is 0 Å². The third-order valence-corrected chi connectivity index (χ3v) is 3.86. The zero-order chi connectivity index (χ0) is 12.4. The van der Waals surface area contributed by atoms with Gasteiger partial charge in [0.25, 0.3) is 0 Å². The highest BCUT2D eigenvalue weighted by Gasteiger charge is 2.25. The van der Waals surface area contributed by atoms with E-state index < -0.39 is 5.82 Å². The summed E-state index contributed by atoms with van der Waals surface area (Å²) in [5.74, 6) is -0.215. The van der Waals surface area contributed by atoms with Crippen LogP contribution in [0.2, 0.25) is 5.02 Å². The minimum Gasteiger partial charge on any atom is -0.506 e. The Balaban J connectivity index is 0.00000162. The second kappa shape index (κ2) is 6.60. The van der Waals surface area contributed by atoms with Crippen LogP contribution in [0.15, 0.2) is 12.1 Å². The zero-order valence-electron chi connectivity index (χ0n) is 10.0. The molecule has 0 spiro atoms. The van der Waals surface area contributed by atoms with Crippen LogP contribution in [-0.2, 0) is 0 Å².